The van der Waals surface area contributed by atoms with Crippen LogP contribution < -0.4 is 5.63 Å². The number of ether oxygens (including phenoxy) is 1. The summed E-state index contributed by atoms with van der Waals surface area (Å²) < 4.78 is 11.1. The summed E-state index contributed by atoms with van der Waals surface area (Å²) >= 11 is 0. The number of H-pyrrole nitrogens is 1. The molecule has 0 unspecified atom stereocenters. The highest BCUT2D eigenvalue weighted by molar-refractivity contribution is 5.98. The molecular weight excluding hydrogens is 458 g/mol. The minimum absolute atomic E-state index is 0.0247. The van der Waals surface area contributed by atoms with E-state index in [0.717, 1.165) is 27.4 Å². The minimum atomic E-state index is -0.478. The third-order valence-corrected chi connectivity index (χ3v) is 6.94. The third-order valence-electron chi connectivity index (χ3n) is 6.94. The smallest absolute Gasteiger partial charge is 0.336 e. The largest absolute Gasteiger partial charge is 0.461 e. The van der Waals surface area contributed by atoms with Gasteiger partial charge in [0.15, 0.2) is 0 Å². The predicted molar refractivity (Wildman–Crippen MR) is 136 cm³/mol. The Hall–Kier alpha value is -3.94. The molecule has 186 valence electrons. The lowest BCUT2D eigenvalue weighted by Crippen LogP contribution is -2.42. The van der Waals surface area contributed by atoms with E-state index in [0.29, 0.717) is 48.6 Å². The van der Waals surface area contributed by atoms with Crippen LogP contribution in [0, 0.1) is 12.8 Å². The number of fused-ring (bicyclic) bond motifs is 2. The fraction of sp³-hybridized carbons (Fsp3) is 0.357. The molecule has 3 heterocycles. The third kappa shape index (κ3) is 4.63. The van der Waals surface area contributed by atoms with Crippen LogP contribution >= 0.6 is 0 Å². The zero-order chi connectivity index (χ0) is 25.4. The van der Waals surface area contributed by atoms with Gasteiger partial charge in [-0.2, -0.15) is 5.10 Å². The second kappa shape index (κ2) is 9.60. The maximum atomic E-state index is 13.1. The lowest BCUT2D eigenvalue weighted by Gasteiger charge is -2.31. The van der Waals surface area contributed by atoms with Gasteiger partial charge in [-0.25, -0.2) is 4.79 Å². The van der Waals surface area contributed by atoms with Crippen molar-refractivity contribution in [1.29, 1.82) is 0 Å². The summed E-state index contributed by atoms with van der Waals surface area (Å²) in [5.41, 5.74) is 4.26. The molecule has 1 aliphatic rings. The number of piperidine rings is 1. The number of carbonyl (C=O) groups excluding carboxylic acids is 2. The number of nitrogens with zero attached hydrogens (tertiary/aromatic N) is 2. The van der Waals surface area contributed by atoms with Crippen LogP contribution in [0.2, 0.25) is 0 Å². The molecule has 4 aromatic rings. The van der Waals surface area contributed by atoms with Crippen molar-refractivity contribution in [3.63, 3.8) is 0 Å². The minimum Gasteiger partial charge on any atom is -0.461 e. The molecule has 1 aliphatic heterocycles. The Bertz CT molecular complexity index is 1520. The highest BCUT2D eigenvalue weighted by Crippen LogP contribution is 2.28. The molecule has 1 N–H and O–H groups in total. The molecule has 0 spiro atoms. The van der Waals surface area contributed by atoms with Gasteiger partial charge in [0.05, 0.1) is 17.6 Å². The first-order chi connectivity index (χ1) is 17.3. The Kier molecular flexibility index (Phi) is 6.35. The Morgan fingerprint density at radius 3 is 2.86 bits per heavy atom. The topological polar surface area (TPSA) is 105 Å². The molecule has 1 saturated heterocycles. The number of hydrogen-bond donors (Lipinski definition) is 1. The maximum absolute atomic E-state index is 13.1. The van der Waals surface area contributed by atoms with Crippen LogP contribution in [0.25, 0.3) is 21.9 Å². The van der Waals surface area contributed by atoms with Crippen molar-refractivity contribution in [2.45, 2.75) is 46.1 Å². The van der Waals surface area contributed by atoms with Crippen LogP contribution in [-0.4, -0.2) is 40.1 Å². The van der Waals surface area contributed by atoms with Gasteiger partial charge in [0.2, 0.25) is 0 Å². The van der Waals surface area contributed by atoms with Gasteiger partial charge in [0, 0.05) is 41.1 Å². The van der Waals surface area contributed by atoms with Gasteiger partial charge >= 0.3 is 11.6 Å². The van der Waals surface area contributed by atoms with Gasteiger partial charge in [-0.15, -0.1) is 0 Å². The Balaban J connectivity index is 1.30. The van der Waals surface area contributed by atoms with E-state index in [2.05, 4.69) is 24.0 Å². The highest BCUT2D eigenvalue weighted by atomic mass is 16.5. The number of hydrogen-bond acceptors (Lipinski definition) is 6. The molecule has 2 aromatic carbocycles. The number of likely N-dealkylation sites (tertiary alicyclic amines) is 1. The average molecular weight is 488 g/mol. The second-order valence-corrected chi connectivity index (χ2v) is 9.82. The highest BCUT2D eigenvalue weighted by Gasteiger charge is 2.30. The van der Waals surface area contributed by atoms with Crippen molar-refractivity contribution in [3.05, 3.63) is 75.3 Å². The average Bonchev–Trinajstić information content (AvgIpc) is 3.34. The molecule has 8 nitrogen and oxygen atoms in total. The van der Waals surface area contributed by atoms with Gasteiger partial charge in [-0.3, -0.25) is 14.7 Å². The summed E-state index contributed by atoms with van der Waals surface area (Å²) in [7, 11) is 0. The quantitative estimate of drug-likeness (QED) is 0.323. The van der Waals surface area contributed by atoms with E-state index in [-0.39, 0.29) is 18.5 Å². The van der Waals surface area contributed by atoms with E-state index < -0.39 is 11.5 Å². The number of aromatic amines is 1. The lowest BCUT2D eigenvalue weighted by atomic mass is 9.95. The summed E-state index contributed by atoms with van der Waals surface area (Å²) in [4.78, 5) is 40.0. The predicted octanol–water partition coefficient (Wildman–Crippen LogP) is 4.70. The number of nitrogens with one attached hydrogen (secondary N) is 1. The van der Waals surface area contributed by atoms with Gasteiger partial charge in [-0.05, 0) is 67.1 Å². The second-order valence-electron chi connectivity index (χ2n) is 9.82. The zero-order valence-corrected chi connectivity index (χ0v) is 20.7. The Morgan fingerprint density at radius 2 is 2.06 bits per heavy atom. The molecule has 5 rings (SSSR count). The molecule has 2 aromatic heterocycles. The molecule has 0 bridgehead atoms. The van der Waals surface area contributed by atoms with Crippen LogP contribution in [-0.2, 0) is 16.1 Å². The summed E-state index contributed by atoms with van der Waals surface area (Å²) in [6.45, 7) is 7.07. The van der Waals surface area contributed by atoms with Crippen molar-refractivity contribution in [2.24, 2.45) is 5.92 Å². The number of esters is 1. The van der Waals surface area contributed by atoms with Crippen molar-refractivity contribution in [1.82, 2.24) is 15.1 Å². The summed E-state index contributed by atoms with van der Waals surface area (Å²) in [6, 6.07) is 10.7. The molecule has 0 aliphatic carbocycles. The summed E-state index contributed by atoms with van der Waals surface area (Å²) in [5, 5.41) is 8.51. The molecular formula is C28H29N3O5. The van der Waals surface area contributed by atoms with E-state index in [4.69, 9.17) is 9.15 Å². The van der Waals surface area contributed by atoms with E-state index >= 15 is 0 Å². The fourth-order valence-electron chi connectivity index (χ4n) is 5.01. The molecule has 1 amide bonds. The summed E-state index contributed by atoms with van der Waals surface area (Å²) in [6.07, 6.45) is 3.05. The van der Waals surface area contributed by atoms with Crippen molar-refractivity contribution in [3.8, 4) is 0 Å². The van der Waals surface area contributed by atoms with E-state index in [1.54, 1.807) is 17.2 Å². The normalized spacial score (nSPS) is 16.1. The molecule has 36 heavy (non-hydrogen) atoms. The van der Waals surface area contributed by atoms with Crippen molar-refractivity contribution in [2.75, 3.05) is 13.1 Å². The first kappa shape index (κ1) is 23.8. The molecule has 1 atom stereocenters. The standard InChI is InChI=1S/C28H29N3O5/c1-16(2)22-12-23-21(11-26(32)36-25(23)9-17(22)3)15-35-28(34)19-5-4-8-31(14-19)27(33)18-6-7-24-20(10-18)13-29-30-24/h6-7,9-13,16,19H,4-5,8,14-15H2,1-3H3,(H,29,30)/t19-/m0/s1. The molecule has 0 saturated carbocycles. The van der Waals surface area contributed by atoms with Crippen LogP contribution in [0.15, 0.2) is 51.8 Å². The monoisotopic (exact) mass is 487 g/mol. The van der Waals surface area contributed by atoms with Gasteiger partial charge in [0.25, 0.3) is 5.91 Å². The number of benzene rings is 2. The van der Waals surface area contributed by atoms with Crippen LogP contribution in [0.4, 0.5) is 0 Å². The van der Waals surface area contributed by atoms with Crippen LogP contribution in [0.1, 0.15) is 59.7 Å². The Morgan fingerprint density at radius 1 is 1.22 bits per heavy atom. The van der Waals surface area contributed by atoms with E-state index in [9.17, 15) is 14.4 Å². The van der Waals surface area contributed by atoms with Crippen molar-refractivity contribution >= 4 is 33.7 Å². The molecule has 1 fully saturated rings. The first-order valence-electron chi connectivity index (χ1n) is 12.3. The van der Waals surface area contributed by atoms with Crippen LogP contribution in [0.3, 0.4) is 0 Å². The van der Waals surface area contributed by atoms with E-state index in [1.165, 1.54) is 6.07 Å². The zero-order valence-electron chi connectivity index (χ0n) is 20.7. The van der Waals surface area contributed by atoms with Crippen LogP contribution in [0.5, 0.6) is 0 Å². The number of aromatic nitrogens is 2. The lowest BCUT2D eigenvalue weighted by molar-refractivity contribution is -0.151. The number of aryl methyl sites for hydroxylation is 1. The number of carbonyl (C=O) groups is 2. The maximum Gasteiger partial charge on any atom is 0.336 e. The van der Waals surface area contributed by atoms with Gasteiger partial charge < -0.3 is 14.1 Å². The molecule has 8 heteroatoms. The van der Waals surface area contributed by atoms with E-state index in [1.807, 2.05) is 31.2 Å². The summed E-state index contributed by atoms with van der Waals surface area (Å²) in [5.74, 6) is -0.592. The number of rotatable bonds is 5. The number of amides is 1. The SMILES string of the molecule is Cc1cc2oc(=O)cc(COC(=O)[C@H]3CCCN(C(=O)c4ccc5[nH]ncc5c4)C3)c2cc1C(C)C. The van der Waals surface area contributed by atoms with Gasteiger partial charge in [-0.1, -0.05) is 13.8 Å². The Labute approximate surface area is 208 Å². The first-order valence-corrected chi connectivity index (χ1v) is 12.3. The van der Waals surface area contributed by atoms with Crippen molar-refractivity contribution < 1.29 is 18.7 Å². The fourth-order valence-corrected chi connectivity index (χ4v) is 5.01. The molecule has 0 radical (unpaired) electrons. The van der Waals surface area contributed by atoms with Gasteiger partial charge in [0.1, 0.15) is 12.2 Å².